The number of carbonyl (C=O) groups excluding carboxylic acids is 1. The molecule has 128 valence electrons. The molecule has 0 aliphatic rings. The summed E-state index contributed by atoms with van der Waals surface area (Å²) in [5.74, 6) is 0.175. The highest BCUT2D eigenvalue weighted by Crippen LogP contribution is 2.25. The van der Waals surface area contributed by atoms with Crippen LogP contribution in [-0.4, -0.2) is 27.2 Å². The van der Waals surface area contributed by atoms with Gasteiger partial charge in [0.15, 0.2) is 16.4 Å². The standard InChI is InChI=1S/C19H17NO4S/c1-25(22,23)18-12-5-4-10-16(18)20-19(21)13-24-17-11-6-8-14-7-2-3-9-15(14)17/h2-12H,13H2,1H3,(H,20,21). The molecule has 0 saturated carbocycles. The molecular formula is C19H17NO4S. The maximum Gasteiger partial charge on any atom is 0.262 e. The molecular weight excluding hydrogens is 338 g/mol. The number of hydrogen-bond donors (Lipinski definition) is 1. The van der Waals surface area contributed by atoms with Crippen LogP contribution in [0.5, 0.6) is 5.75 Å². The summed E-state index contributed by atoms with van der Waals surface area (Å²) in [6.07, 6.45) is 1.10. The van der Waals surface area contributed by atoms with E-state index >= 15 is 0 Å². The number of carbonyl (C=O) groups is 1. The molecule has 0 radical (unpaired) electrons. The predicted molar refractivity (Wildman–Crippen MR) is 97.6 cm³/mol. The van der Waals surface area contributed by atoms with Crippen molar-refractivity contribution in [1.29, 1.82) is 0 Å². The van der Waals surface area contributed by atoms with Gasteiger partial charge in [-0.1, -0.05) is 48.5 Å². The molecule has 0 bridgehead atoms. The summed E-state index contributed by atoms with van der Waals surface area (Å²) in [6.45, 7) is -0.216. The van der Waals surface area contributed by atoms with Gasteiger partial charge in [-0.05, 0) is 23.6 Å². The molecule has 5 nitrogen and oxygen atoms in total. The minimum absolute atomic E-state index is 0.0773. The summed E-state index contributed by atoms with van der Waals surface area (Å²) < 4.78 is 29.2. The van der Waals surface area contributed by atoms with E-state index in [1.807, 2.05) is 36.4 Å². The van der Waals surface area contributed by atoms with Crippen LogP contribution in [-0.2, 0) is 14.6 Å². The Morgan fingerprint density at radius 3 is 2.44 bits per heavy atom. The number of anilines is 1. The number of fused-ring (bicyclic) bond motifs is 1. The van der Waals surface area contributed by atoms with Crippen molar-refractivity contribution in [2.24, 2.45) is 0 Å². The zero-order valence-corrected chi connectivity index (χ0v) is 14.4. The van der Waals surface area contributed by atoms with Gasteiger partial charge in [-0.15, -0.1) is 0 Å². The number of para-hydroxylation sites is 1. The molecule has 0 fully saturated rings. The highest BCUT2D eigenvalue weighted by molar-refractivity contribution is 7.90. The molecule has 3 rings (SSSR count). The van der Waals surface area contributed by atoms with E-state index < -0.39 is 15.7 Å². The number of rotatable bonds is 5. The number of hydrogen-bond acceptors (Lipinski definition) is 4. The van der Waals surface area contributed by atoms with E-state index in [1.165, 1.54) is 6.07 Å². The van der Waals surface area contributed by atoms with Crippen LogP contribution in [0, 0.1) is 0 Å². The van der Waals surface area contributed by atoms with Gasteiger partial charge in [-0.2, -0.15) is 0 Å². The van der Waals surface area contributed by atoms with Gasteiger partial charge >= 0.3 is 0 Å². The zero-order chi connectivity index (χ0) is 17.9. The summed E-state index contributed by atoms with van der Waals surface area (Å²) in [7, 11) is -3.43. The second-order valence-electron chi connectivity index (χ2n) is 5.58. The lowest BCUT2D eigenvalue weighted by Gasteiger charge is -2.11. The van der Waals surface area contributed by atoms with Crippen LogP contribution < -0.4 is 10.1 Å². The largest absolute Gasteiger partial charge is 0.483 e. The molecule has 1 amide bonds. The Labute approximate surface area is 146 Å². The van der Waals surface area contributed by atoms with Crippen LogP contribution in [0.3, 0.4) is 0 Å². The smallest absolute Gasteiger partial charge is 0.262 e. The van der Waals surface area contributed by atoms with E-state index in [2.05, 4.69) is 5.32 Å². The van der Waals surface area contributed by atoms with Crippen molar-refractivity contribution in [2.45, 2.75) is 4.90 Å². The Kier molecular flexibility index (Phi) is 4.72. The molecule has 0 aromatic heterocycles. The van der Waals surface area contributed by atoms with Crippen LogP contribution in [0.1, 0.15) is 0 Å². The maximum absolute atomic E-state index is 12.2. The molecule has 1 N–H and O–H groups in total. The van der Waals surface area contributed by atoms with Crippen molar-refractivity contribution >= 4 is 32.2 Å². The van der Waals surface area contributed by atoms with Crippen molar-refractivity contribution in [3.63, 3.8) is 0 Å². The molecule has 0 heterocycles. The fourth-order valence-corrected chi connectivity index (χ4v) is 3.39. The van der Waals surface area contributed by atoms with Crippen molar-refractivity contribution in [3.05, 3.63) is 66.7 Å². The van der Waals surface area contributed by atoms with E-state index in [9.17, 15) is 13.2 Å². The molecule has 3 aromatic rings. The van der Waals surface area contributed by atoms with E-state index in [0.29, 0.717) is 5.75 Å². The van der Waals surface area contributed by atoms with Gasteiger partial charge in [0.2, 0.25) is 0 Å². The molecule has 0 aliphatic carbocycles. The van der Waals surface area contributed by atoms with Gasteiger partial charge in [0, 0.05) is 11.6 Å². The summed E-state index contributed by atoms with van der Waals surface area (Å²) in [5, 5.41) is 4.52. The van der Waals surface area contributed by atoms with Crippen molar-refractivity contribution in [1.82, 2.24) is 0 Å². The lowest BCUT2D eigenvalue weighted by molar-refractivity contribution is -0.118. The zero-order valence-electron chi connectivity index (χ0n) is 13.6. The molecule has 0 spiro atoms. The fraction of sp³-hybridized carbons (Fsp3) is 0.105. The molecule has 0 unspecified atom stereocenters. The number of benzene rings is 3. The molecule has 0 aliphatic heterocycles. The highest BCUT2D eigenvalue weighted by atomic mass is 32.2. The SMILES string of the molecule is CS(=O)(=O)c1ccccc1NC(=O)COc1cccc2ccccc12. The van der Waals surface area contributed by atoms with Gasteiger partial charge in [0.1, 0.15) is 5.75 Å². The molecule has 0 saturated heterocycles. The Morgan fingerprint density at radius 1 is 0.960 bits per heavy atom. The Hall–Kier alpha value is -2.86. The van der Waals surface area contributed by atoms with E-state index in [0.717, 1.165) is 17.0 Å². The Bertz CT molecular complexity index is 1020. The lowest BCUT2D eigenvalue weighted by Crippen LogP contribution is -2.21. The van der Waals surface area contributed by atoms with E-state index in [1.54, 1.807) is 24.3 Å². The van der Waals surface area contributed by atoms with Gasteiger partial charge in [-0.3, -0.25) is 4.79 Å². The van der Waals surface area contributed by atoms with E-state index in [-0.39, 0.29) is 17.2 Å². The lowest BCUT2D eigenvalue weighted by atomic mass is 10.1. The van der Waals surface area contributed by atoms with Crippen molar-refractivity contribution < 1.29 is 17.9 Å². The van der Waals surface area contributed by atoms with Gasteiger partial charge < -0.3 is 10.1 Å². The van der Waals surface area contributed by atoms with Crippen LogP contribution in [0.2, 0.25) is 0 Å². The number of nitrogens with one attached hydrogen (secondary N) is 1. The third-order valence-corrected chi connectivity index (χ3v) is 4.82. The Balaban J connectivity index is 1.74. The fourth-order valence-electron chi connectivity index (χ4n) is 2.54. The molecule has 25 heavy (non-hydrogen) atoms. The topological polar surface area (TPSA) is 72.5 Å². The molecule has 0 atom stereocenters. The van der Waals surface area contributed by atoms with Gasteiger partial charge in [0.25, 0.3) is 5.91 Å². The van der Waals surface area contributed by atoms with Crippen molar-refractivity contribution in [3.8, 4) is 5.75 Å². The van der Waals surface area contributed by atoms with Crippen LogP contribution in [0.15, 0.2) is 71.6 Å². The first-order valence-electron chi connectivity index (χ1n) is 7.64. The number of amides is 1. The van der Waals surface area contributed by atoms with Crippen LogP contribution in [0.25, 0.3) is 10.8 Å². The summed E-state index contributed by atoms with van der Waals surface area (Å²) >= 11 is 0. The van der Waals surface area contributed by atoms with Crippen LogP contribution in [0.4, 0.5) is 5.69 Å². The summed E-state index contributed by atoms with van der Waals surface area (Å²) in [4.78, 5) is 12.2. The average Bonchev–Trinajstić information content (AvgIpc) is 2.59. The first kappa shape index (κ1) is 17.0. The number of ether oxygens (including phenoxy) is 1. The third kappa shape index (κ3) is 3.97. The van der Waals surface area contributed by atoms with E-state index in [4.69, 9.17) is 4.74 Å². The second-order valence-corrected chi connectivity index (χ2v) is 7.57. The van der Waals surface area contributed by atoms with Crippen LogP contribution >= 0.6 is 0 Å². The quantitative estimate of drug-likeness (QED) is 0.762. The van der Waals surface area contributed by atoms with Gasteiger partial charge in [0.05, 0.1) is 10.6 Å². The molecule has 6 heteroatoms. The minimum Gasteiger partial charge on any atom is -0.483 e. The second kappa shape index (κ2) is 6.94. The molecule has 3 aromatic carbocycles. The van der Waals surface area contributed by atoms with Crippen molar-refractivity contribution in [2.75, 3.05) is 18.2 Å². The summed E-state index contributed by atoms with van der Waals surface area (Å²) in [5.41, 5.74) is 0.247. The minimum atomic E-state index is -3.43. The normalized spacial score (nSPS) is 11.2. The maximum atomic E-state index is 12.2. The first-order chi connectivity index (χ1) is 11.9. The first-order valence-corrected chi connectivity index (χ1v) is 9.54. The predicted octanol–water partition coefficient (Wildman–Crippen LogP) is 3.26. The van der Waals surface area contributed by atoms with Gasteiger partial charge in [-0.25, -0.2) is 8.42 Å². The third-order valence-electron chi connectivity index (χ3n) is 3.67. The highest BCUT2D eigenvalue weighted by Gasteiger charge is 2.15. The number of sulfone groups is 1. The average molecular weight is 355 g/mol. The monoisotopic (exact) mass is 355 g/mol. The Morgan fingerprint density at radius 2 is 1.64 bits per heavy atom. The summed E-state index contributed by atoms with van der Waals surface area (Å²) in [6, 6.07) is 19.6.